The molecule has 0 aliphatic carbocycles. The van der Waals surface area contributed by atoms with Crippen LogP contribution in [0.5, 0.6) is 0 Å². The highest BCUT2D eigenvalue weighted by Crippen LogP contribution is 2.14. The van der Waals surface area contributed by atoms with E-state index in [1.54, 1.807) is 0 Å². The highest BCUT2D eigenvalue weighted by Gasteiger charge is 2.02. The summed E-state index contributed by atoms with van der Waals surface area (Å²) in [6.07, 6.45) is 11.5. The summed E-state index contributed by atoms with van der Waals surface area (Å²) in [7, 11) is 0. The van der Waals surface area contributed by atoms with Gasteiger partial charge in [-0.15, -0.1) is 0 Å². The minimum Gasteiger partial charge on any atom is -0.387 e. The van der Waals surface area contributed by atoms with E-state index in [1.165, 1.54) is 11.1 Å². The summed E-state index contributed by atoms with van der Waals surface area (Å²) in [4.78, 5) is 4.15. The Morgan fingerprint density at radius 2 is 2.33 bits per heavy atom. The number of aliphatic imine (C=N–C) groups is 1. The third-order valence-electron chi connectivity index (χ3n) is 2.02. The third-order valence-corrected chi connectivity index (χ3v) is 2.02. The van der Waals surface area contributed by atoms with Crippen molar-refractivity contribution >= 4 is 6.21 Å². The van der Waals surface area contributed by atoms with E-state index in [4.69, 9.17) is 0 Å². The van der Waals surface area contributed by atoms with Crippen molar-refractivity contribution in [1.82, 2.24) is 5.32 Å². The maximum absolute atomic E-state index is 4.15. The molecule has 2 rings (SSSR count). The minimum atomic E-state index is 0.866. The molecule has 0 bridgehead atoms. The zero-order valence-corrected chi connectivity index (χ0v) is 6.96. The van der Waals surface area contributed by atoms with Crippen LogP contribution in [0.1, 0.15) is 6.42 Å². The number of rotatable bonds is 2. The van der Waals surface area contributed by atoms with Gasteiger partial charge in [-0.25, -0.2) is 0 Å². The second-order valence-electron chi connectivity index (χ2n) is 2.97. The van der Waals surface area contributed by atoms with Crippen molar-refractivity contribution in [2.75, 3.05) is 13.1 Å². The number of hydrogen-bond acceptors (Lipinski definition) is 2. The van der Waals surface area contributed by atoms with E-state index < -0.39 is 0 Å². The fourth-order valence-corrected chi connectivity index (χ4v) is 1.37. The summed E-state index contributed by atoms with van der Waals surface area (Å²) in [6, 6.07) is 0. The predicted octanol–water partition coefficient (Wildman–Crippen LogP) is 1.43. The molecule has 12 heavy (non-hydrogen) atoms. The molecule has 62 valence electrons. The van der Waals surface area contributed by atoms with Gasteiger partial charge >= 0.3 is 0 Å². The van der Waals surface area contributed by atoms with Gasteiger partial charge in [-0.3, -0.25) is 4.99 Å². The van der Waals surface area contributed by atoms with Gasteiger partial charge in [0.15, 0.2) is 0 Å². The monoisotopic (exact) mass is 160 g/mol. The largest absolute Gasteiger partial charge is 0.387 e. The molecule has 0 fully saturated rings. The van der Waals surface area contributed by atoms with Crippen LogP contribution in [-0.4, -0.2) is 19.3 Å². The lowest BCUT2D eigenvalue weighted by Gasteiger charge is -2.07. The molecule has 0 atom stereocenters. The van der Waals surface area contributed by atoms with Gasteiger partial charge in [-0.2, -0.15) is 0 Å². The summed E-state index contributed by atoms with van der Waals surface area (Å²) in [5.41, 5.74) is 2.72. The Bertz CT molecular complexity index is 282. The van der Waals surface area contributed by atoms with Crippen molar-refractivity contribution in [1.29, 1.82) is 0 Å². The second-order valence-corrected chi connectivity index (χ2v) is 2.97. The number of dihydropyridines is 1. The molecule has 2 aliphatic heterocycles. The standard InChI is InChI=1S/C10H12N2/c1-4-11-5-2-9(1)7-10-3-6-12-8-10/h1-4,8,11H,5-7H2. The molecule has 2 heteroatoms. The maximum Gasteiger partial charge on any atom is 0.0576 e. The first-order chi connectivity index (χ1) is 5.95. The second kappa shape index (κ2) is 3.39. The highest BCUT2D eigenvalue weighted by atomic mass is 14.8. The van der Waals surface area contributed by atoms with Crippen molar-refractivity contribution in [3.8, 4) is 0 Å². The average Bonchev–Trinajstić information content (AvgIpc) is 2.59. The van der Waals surface area contributed by atoms with E-state index in [1.807, 2.05) is 12.4 Å². The van der Waals surface area contributed by atoms with Crippen LogP contribution in [-0.2, 0) is 0 Å². The Hall–Kier alpha value is -1.31. The Labute approximate surface area is 72.4 Å². The van der Waals surface area contributed by atoms with Gasteiger partial charge in [-0.05, 0) is 29.8 Å². The van der Waals surface area contributed by atoms with Gasteiger partial charge in [0.05, 0.1) is 6.54 Å². The summed E-state index contributed by atoms with van der Waals surface area (Å²) < 4.78 is 0. The SMILES string of the molecule is C1=CC(CC2=CCN=C2)=CCN1. The molecule has 1 N–H and O–H groups in total. The van der Waals surface area contributed by atoms with Gasteiger partial charge in [0.1, 0.15) is 0 Å². The summed E-state index contributed by atoms with van der Waals surface area (Å²) >= 11 is 0. The lowest BCUT2D eigenvalue weighted by molar-refractivity contribution is 0.947. The molecule has 2 heterocycles. The summed E-state index contributed by atoms with van der Waals surface area (Å²) in [6.45, 7) is 1.82. The highest BCUT2D eigenvalue weighted by molar-refractivity contribution is 5.81. The van der Waals surface area contributed by atoms with Gasteiger partial charge in [0, 0.05) is 12.8 Å². The fourth-order valence-electron chi connectivity index (χ4n) is 1.37. The van der Waals surface area contributed by atoms with Crippen molar-refractivity contribution in [3.05, 3.63) is 35.6 Å². The third kappa shape index (κ3) is 1.64. The van der Waals surface area contributed by atoms with Crippen molar-refractivity contribution in [3.63, 3.8) is 0 Å². The van der Waals surface area contributed by atoms with Crippen LogP contribution in [0.15, 0.2) is 40.6 Å². The maximum atomic E-state index is 4.15. The summed E-state index contributed by atoms with van der Waals surface area (Å²) in [5.74, 6) is 0. The molecule has 2 nitrogen and oxygen atoms in total. The molecule has 0 aromatic carbocycles. The van der Waals surface area contributed by atoms with Crippen LogP contribution in [0.3, 0.4) is 0 Å². The molecular weight excluding hydrogens is 148 g/mol. The number of hydrogen-bond donors (Lipinski definition) is 1. The van der Waals surface area contributed by atoms with Crippen molar-refractivity contribution in [2.24, 2.45) is 4.99 Å². The molecule has 0 unspecified atom stereocenters. The van der Waals surface area contributed by atoms with E-state index in [9.17, 15) is 0 Å². The Balaban J connectivity index is 1.98. The molecule has 0 aromatic heterocycles. The number of nitrogens with one attached hydrogen (secondary N) is 1. The van der Waals surface area contributed by atoms with Crippen LogP contribution in [0.4, 0.5) is 0 Å². The quantitative estimate of drug-likeness (QED) is 0.649. The van der Waals surface area contributed by atoms with Gasteiger partial charge in [0.2, 0.25) is 0 Å². The average molecular weight is 160 g/mol. The van der Waals surface area contributed by atoms with E-state index in [0.29, 0.717) is 0 Å². The van der Waals surface area contributed by atoms with Crippen molar-refractivity contribution in [2.45, 2.75) is 6.42 Å². The zero-order valence-electron chi connectivity index (χ0n) is 6.96. The Kier molecular flexibility index (Phi) is 2.08. The topological polar surface area (TPSA) is 24.4 Å². The van der Waals surface area contributed by atoms with E-state index in [0.717, 1.165) is 19.5 Å². The summed E-state index contributed by atoms with van der Waals surface area (Å²) in [5, 5.41) is 3.13. The smallest absolute Gasteiger partial charge is 0.0576 e. The van der Waals surface area contributed by atoms with Gasteiger partial charge in [0.25, 0.3) is 0 Å². The Morgan fingerprint density at radius 3 is 3.00 bits per heavy atom. The predicted molar refractivity (Wildman–Crippen MR) is 51.3 cm³/mol. The first-order valence-corrected chi connectivity index (χ1v) is 4.23. The number of nitrogens with zero attached hydrogens (tertiary/aromatic N) is 1. The van der Waals surface area contributed by atoms with Crippen LogP contribution < -0.4 is 5.32 Å². The molecule has 2 aliphatic rings. The number of allylic oxidation sites excluding steroid dienone is 3. The molecule has 0 radical (unpaired) electrons. The van der Waals surface area contributed by atoms with Crippen LogP contribution >= 0.6 is 0 Å². The Morgan fingerprint density at radius 1 is 1.33 bits per heavy atom. The normalized spacial score (nSPS) is 20.3. The fraction of sp³-hybridized carbons (Fsp3) is 0.300. The van der Waals surface area contributed by atoms with Crippen LogP contribution in [0.25, 0.3) is 0 Å². The molecule has 0 aromatic rings. The molecule has 0 saturated heterocycles. The lowest BCUT2D eigenvalue weighted by atomic mass is 10.1. The first kappa shape index (κ1) is 7.35. The molecule has 0 saturated carbocycles. The molecular formula is C10H12N2. The molecule has 0 amide bonds. The van der Waals surface area contributed by atoms with Gasteiger partial charge < -0.3 is 5.32 Å². The van der Waals surface area contributed by atoms with E-state index in [2.05, 4.69) is 28.5 Å². The lowest BCUT2D eigenvalue weighted by Crippen LogP contribution is -2.08. The van der Waals surface area contributed by atoms with Crippen LogP contribution in [0.2, 0.25) is 0 Å². The molecule has 0 spiro atoms. The van der Waals surface area contributed by atoms with E-state index >= 15 is 0 Å². The van der Waals surface area contributed by atoms with Crippen LogP contribution in [0, 0.1) is 0 Å². The van der Waals surface area contributed by atoms with Gasteiger partial charge in [-0.1, -0.05) is 12.2 Å². The minimum absolute atomic E-state index is 0.866. The first-order valence-electron chi connectivity index (χ1n) is 4.23. The zero-order chi connectivity index (χ0) is 8.23. The van der Waals surface area contributed by atoms with Crippen molar-refractivity contribution < 1.29 is 0 Å². The van der Waals surface area contributed by atoms with E-state index in [-0.39, 0.29) is 0 Å².